The number of nitrogens with one attached hydrogen (secondary N) is 2. The van der Waals surface area contributed by atoms with E-state index in [0.717, 1.165) is 17.7 Å². The van der Waals surface area contributed by atoms with Gasteiger partial charge in [-0.15, -0.1) is 11.3 Å². The predicted octanol–water partition coefficient (Wildman–Crippen LogP) is 2.56. The van der Waals surface area contributed by atoms with Crippen LogP contribution in [0.1, 0.15) is 41.0 Å². The molecule has 1 heterocycles. The molecule has 0 aromatic carbocycles. The Balaban J connectivity index is 1.90. The predicted molar refractivity (Wildman–Crippen MR) is 78.0 cm³/mol. The summed E-state index contributed by atoms with van der Waals surface area (Å²) in [6.45, 7) is 4.51. The van der Waals surface area contributed by atoms with Gasteiger partial charge in [-0.2, -0.15) is 0 Å². The monoisotopic (exact) mass is 296 g/mol. The highest BCUT2D eigenvalue weighted by atomic mass is 32.1. The molecule has 6 heteroatoms. The molecule has 2 amide bonds. The third-order valence-corrected chi connectivity index (χ3v) is 5.01. The number of hydrogen-bond acceptors (Lipinski definition) is 3. The van der Waals surface area contributed by atoms with Crippen molar-refractivity contribution >= 4 is 23.3 Å². The average Bonchev–Trinajstić information content (AvgIpc) is 2.96. The van der Waals surface area contributed by atoms with E-state index >= 15 is 0 Å². The molecule has 1 saturated carbocycles. The van der Waals surface area contributed by atoms with Crippen molar-refractivity contribution in [2.45, 2.75) is 51.6 Å². The van der Waals surface area contributed by atoms with Gasteiger partial charge in [0, 0.05) is 9.75 Å². The van der Waals surface area contributed by atoms with Gasteiger partial charge in [0.2, 0.25) is 0 Å². The van der Waals surface area contributed by atoms with Crippen molar-refractivity contribution in [1.82, 2.24) is 10.6 Å². The lowest BCUT2D eigenvalue weighted by Gasteiger charge is -2.25. The summed E-state index contributed by atoms with van der Waals surface area (Å²) < 4.78 is 0. The summed E-state index contributed by atoms with van der Waals surface area (Å²) in [5.74, 6) is -0.937. The van der Waals surface area contributed by atoms with Gasteiger partial charge in [0.15, 0.2) is 0 Å². The van der Waals surface area contributed by atoms with Gasteiger partial charge in [-0.3, -0.25) is 0 Å². The van der Waals surface area contributed by atoms with Crippen LogP contribution in [-0.4, -0.2) is 22.6 Å². The van der Waals surface area contributed by atoms with Crippen LogP contribution in [0.25, 0.3) is 0 Å². The molecule has 0 bridgehead atoms. The van der Waals surface area contributed by atoms with Gasteiger partial charge in [0.25, 0.3) is 0 Å². The molecular formula is C14H20N2O3S. The van der Waals surface area contributed by atoms with Crippen LogP contribution in [0.5, 0.6) is 0 Å². The Bertz CT molecular complexity index is 499. The first-order chi connectivity index (χ1) is 9.43. The molecule has 1 fully saturated rings. The van der Waals surface area contributed by atoms with E-state index in [9.17, 15) is 14.7 Å². The van der Waals surface area contributed by atoms with Crippen LogP contribution < -0.4 is 10.6 Å². The molecule has 1 aliphatic carbocycles. The van der Waals surface area contributed by atoms with E-state index in [-0.39, 0.29) is 0 Å². The molecule has 1 aromatic rings. The molecule has 0 spiro atoms. The minimum absolute atomic E-state index is 0.405. The first-order valence-electron chi connectivity index (χ1n) is 6.78. The number of aliphatic carboxylic acids is 1. The lowest BCUT2D eigenvalue weighted by molar-refractivity contribution is -0.144. The van der Waals surface area contributed by atoms with E-state index in [1.807, 2.05) is 19.9 Å². The number of carbonyl (C=O) groups excluding carboxylic acids is 1. The Morgan fingerprint density at radius 1 is 1.35 bits per heavy atom. The average molecular weight is 296 g/mol. The lowest BCUT2D eigenvalue weighted by atomic mass is 9.98. The van der Waals surface area contributed by atoms with E-state index in [2.05, 4.69) is 10.6 Å². The first-order valence-corrected chi connectivity index (χ1v) is 7.60. The molecule has 0 aliphatic heterocycles. The maximum atomic E-state index is 11.9. The van der Waals surface area contributed by atoms with E-state index in [1.165, 1.54) is 10.4 Å². The van der Waals surface area contributed by atoms with Crippen molar-refractivity contribution in [1.29, 1.82) is 0 Å². The molecule has 5 nitrogen and oxygen atoms in total. The SMILES string of the molecule is Cc1cc(CNC(=O)NC2(C(=O)O)CCCC2)sc1C. The molecule has 1 aromatic heterocycles. The number of thiophene rings is 1. The second-order valence-electron chi connectivity index (χ2n) is 5.35. The summed E-state index contributed by atoms with van der Waals surface area (Å²) in [7, 11) is 0. The van der Waals surface area contributed by atoms with Crippen LogP contribution in [0.4, 0.5) is 4.79 Å². The minimum Gasteiger partial charge on any atom is -0.480 e. The van der Waals surface area contributed by atoms with Crippen LogP contribution in [-0.2, 0) is 11.3 Å². The highest BCUT2D eigenvalue weighted by Crippen LogP contribution is 2.29. The van der Waals surface area contributed by atoms with Crippen LogP contribution in [0.15, 0.2) is 6.07 Å². The van der Waals surface area contributed by atoms with Crippen molar-refractivity contribution in [2.75, 3.05) is 0 Å². The second-order valence-corrected chi connectivity index (χ2v) is 6.69. The van der Waals surface area contributed by atoms with Gasteiger partial charge in [0.1, 0.15) is 5.54 Å². The van der Waals surface area contributed by atoms with E-state index in [4.69, 9.17) is 0 Å². The summed E-state index contributed by atoms with van der Waals surface area (Å²) in [6.07, 6.45) is 2.70. The molecule has 2 rings (SSSR count). The molecule has 0 saturated heterocycles. The largest absolute Gasteiger partial charge is 0.480 e. The second kappa shape index (κ2) is 5.83. The summed E-state index contributed by atoms with van der Waals surface area (Å²) in [5.41, 5.74) is 0.135. The van der Waals surface area contributed by atoms with Gasteiger partial charge in [0.05, 0.1) is 6.54 Å². The number of urea groups is 1. The zero-order valence-corrected chi connectivity index (χ0v) is 12.6. The summed E-state index contributed by atoms with van der Waals surface area (Å²) in [5, 5.41) is 14.7. The van der Waals surface area contributed by atoms with Gasteiger partial charge in [-0.25, -0.2) is 9.59 Å². The molecule has 1 aliphatic rings. The smallest absolute Gasteiger partial charge is 0.329 e. The molecule has 20 heavy (non-hydrogen) atoms. The van der Waals surface area contributed by atoms with Crippen LogP contribution in [0.2, 0.25) is 0 Å². The number of amides is 2. The molecule has 0 unspecified atom stereocenters. The third-order valence-electron chi connectivity index (χ3n) is 3.86. The number of carbonyl (C=O) groups is 2. The van der Waals surface area contributed by atoms with Crippen LogP contribution >= 0.6 is 11.3 Å². The Hall–Kier alpha value is -1.56. The molecule has 0 atom stereocenters. The number of aryl methyl sites for hydroxylation is 2. The number of rotatable bonds is 4. The molecule has 3 N–H and O–H groups in total. The van der Waals surface area contributed by atoms with E-state index < -0.39 is 17.5 Å². The number of carboxylic acid groups (broad SMARTS) is 1. The summed E-state index contributed by atoms with van der Waals surface area (Å²) >= 11 is 1.65. The molecule has 110 valence electrons. The van der Waals surface area contributed by atoms with Crippen molar-refractivity contribution in [3.8, 4) is 0 Å². The lowest BCUT2D eigenvalue weighted by Crippen LogP contribution is -2.55. The van der Waals surface area contributed by atoms with E-state index in [1.54, 1.807) is 11.3 Å². The zero-order chi connectivity index (χ0) is 14.8. The molecule has 0 radical (unpaired) electrons. The van der Waals surface area contributed by atoms with Crippen molar-refractivity contribution in [3.63, 3.8) is 0 Å². The van der Waals surface area contributed by atoms with Crippen molar-refractivity contribution in [3.05, 3.63) is 21.4 Å². The zero-order valence-electron chi connectivity index (χ0n) is 11.8. The highest BCUT2D eigenvalue weighted by molar-refractivity contribution is 7.12. The first kappa shape index (κ1) is 14.8. The van der Waals surface area contributed by atoms with Gasteiger partial charge in [-0.1, -0.05) is 12.8 Å². The van der Waals surface area contributed by atoms with Gasteiger partial charge >= 0.3 is 12.0 Å². The maximum Gasteiger partial charge on any atom is 0.329 e. The Labute approximate surface area is 122 Å². The molecular weight excluding hydrogens is 276 g/mol. The minimum atomic E-state index is -1.08. The third kappa shape index (κ3) is 3.12. The maximum absolute atomic E-state index is 11.9. The Kier molecular flexibility index (Phi) is 4.32. The summed E-state index contributed by atoms with van der Waals surface area (Å²) in [6, 6.07) is 1.64. The van der Waals surface area contributed by atoms with E-state index in [0.29, 0.717) is 19.4 Å². The van der Waals surface area contributed by atoms with Crippen LogP contribution in [0.3, 0.4) is 0 Å². The summed E-state index contributed by atoms with van der Waals surface area (Å²) in [4.78, 5) is 25.5. The quantitative estimate of drug-likeness (QED) is 0.799. The fourth-order valence-electron chi connectivity index (χ4n) is 2.54. The fourth-order valence-corrected chi connectivity index (χ4v) is 3.53. The highest BCUT2D eigenvalue weighted by Gasteiger charge is 2.42. The number of hydrogen-bond donors (Lipinski definition) is 3. The fraction of sp³-hybridized carbons (Fsp3) is 0.571. The standard InChI is InChI=1S/C14H20N2O3S/c1-9-7-11(20-10(9)2)8-15-13(19)16-14(12(17)18)5-3-4-6-14/h7H,3-6,8H2,1-2H3,(H,17,18)(H2,15,16,19). The Morgan fingerprint density at radius 2 is 2.00 bits per heavy atom. The van der Waals surface area contributed by atoms with Crippen molar-refractivity contribution in [2.24, 2.45) is 0 Å². The van der Waals surface area contributed by atoms with Crippen molar-refractivity contribution < 1.29 is 14.7 Å². The normalized spacial score (nSPS) is 16.9. The van der Waals surface area contributed by atoms with Crippen LogP contribution in [0, 0.1) is 13.8 Å². The topological polar surface area (TPSA) is 78.4 Å². The number of carboxylic acids is 1. The Morgan fingerprint density at radius 3 is 2.50 bits per heavy atom. The van der Waals surface area contributed by atoms with Gasteiger partial charge < -0.3 is 15.7 Å². The van der Waals surface area contributed by atoms with Gasteiger partial charge in [-0.05, 0) is 38.3 Å².